The van der Waals surface area contributed by atoms with Crippen molar-refractivity contribution in [2.45, 2.75) is 27.2 Å². The molecule has 1 amide bonds. The second-order valence-corrected chi connectivity index (χ2v) is 5.32. The van der Waals surface area contributed by atoms with Crippen molar-refractivity contribution in [3.05, 3.63) is 59.2 Å². The number of benzene rings is 2. The van der Waals surface area contributed by atoms with Crippen LogP contribution in [0.15, 0.2) is 42.5 Å². The molecule has 2 aromatic rings. The van der Waals surface area contributed by atoms with Crippen LogP contribution >= 0.6 is 0 Å². The number of amides is 1. The largest absolute Gasteiger partial charge is 0.399 e. The van der Waals surface area contributed by atoms with E-state index in [-0.39, 0.29) is 5.91 Å². The highest BCUT2D eigenvalue weighted by Crippen LogP contribution is 2.23. The van der Waals surface area contributed by atoms with Crippen molar-refractivity contribution in [3.8, 4) is 0 Å². The van der Waals surface area contributed by atoms with E-state index in [1.54, 1.807) is 0 Å². The van der Waals surface area contributed by atoms with Gasteiger partial charge in [0.1, 0.15) is 0 Å². The molecule has 21 heavy (non-hydrogen) atoms. The number of nitrogen functional groups attached to an aromatic ring is 1. The molecule has 0 radical (unpaired) electrons. The summed E-state index contributed by atoms with van der Waals surface area (Å²) in [5, 5.41) is 0. The number of anilines is 2. The third-order valence-electron chi connectivity index (χ3n) is 3.57. The van der Waals surface area contributed by atoms with Crippen LogP contribution in [0.5, 0.6) is 0 Å². The molecule has 0 fully saturated rings. The van der Waals surface area contributed by atoms with Gasteiger partial charge in [-0.3, -0.25) is 4.79 Å². The number of aryl methyl sites for hydroxylation is 2. The summed E-state index contributed by atoms with van der Waals surface area (Å²) in [6.07, 6.45) is 0.894. The fraction of sp³-hybridized carbons (Fsp3) is 0.278. The molecule has 3 nitrogen and oxygen atoms in total. The van der Waals surface area contributed by atoms with Gasteiger partial charge >= 0.3 is 0 Å². The minimum Gasteiger partial charge on any atom is -0.399 e. The predicted octanol–water partition coefficient (Wildman–Crippen LogP) is 3.94. The fourth-order valence-electron chi connectivity index (χ4n) is 2.55. The molecule has 0 heterocycles. The zero-order valence-corrected chi connectivity index (χ0v) is 12.9. The summed E-state index contributed by atoms with van der Waals surface area (Å²) >= 11 is 0. The molecular formula is C18H22N2O. The van der Waals surface area contributed by atoms with Crippen LogP contribution < -0.4 is 10.6 Å². The summed E-state index contributed by atoms with van der Waals surface area (Å²) in [4.78, 5) is 14.8. The van der Waals surface area contributed by atoms with E-state index in [4.69, 9.17) is 5.73 Å². The smallest absolute Gasteiger partial charge is 0.258 e. The molecule has 0 saturated carbocycles. The van der Waals surface area contributed by atoms with Gasteiger partial charge in [-0.1, -0.05) is 31.2 Å². The number of hydrogen-bond acceptors (Lipinski definition) is 2. The predicted molar refractivity (Wildman–Crippen MR) is 88.7 cm³/mol. The van der Waals surface area contributed by atoms with Gasteiger partial charge in [0.15, 0.2) is 0 Å². The highest BCUT2D eigenvalue weighted by atomic mass is 16.2. The molecule has 3 heteroatoms. The Morgan fingerprint density at radius 3 is 2.29 bits per heavy atom. The summed E-state index contributed by atoms with van der Waals surface area (Å²) in [5.41, 5.74) is 10.2. The molecule has 2 N–H and O–H groups in total. The van der Waals surface area contributed by atoms with Gasteiger partial charge < -0.3 is 10.6 Å². The summed E-state index contributed by atoms with van der Waals surface area (Å²) in [7, 11) is 0. The van der Waals surface area contributed by atoms with Gasteiger partial charge in [-0.05, 0) is 49.6 Å². The van der Waals surface area contributed by atoms with Crippen LogP contribution in [0.2, 0.25) is 0 Å². The summed E-state index contributed by atoms with van der Waals surface area (Å²) in [6, 6.07) is 13.4. The van der Waals surface area contributed by atoms with Crippen LogP contribution in [-0.2, 0) is 0 Å². The Balaban J connectivity index is 2.45. The van der Waals surface area contributed by atoms with E-state index in [0.29, 0.717) is 12.2 Å². The van der Waals surface area contributed by atoms with Gasteiger partial charge in [-0.25, -0.2) is 0 Å². The Bertz CT molecular complexity index is 629. The summed E-state index contributed by atoms with van der Waals surface area (Å²) < 4.78 is 0. The molecule has 0 atom stereocenters. The van der Waals surface area contributed by atoms with Crippen LogP contribution in [0.3, 0.4) is 0 Å². The van der Waals surface area contributed by atoms with E-state index >= 15 is 0 Å². The van der Waals surface area contributed by atoms with Crippen LogP contribution in [-0.4, -0.2) is 12.5 Å². The minimum absolute atomic E-state index is 0.0399. The maximum absolute atomic E-state index is 13.0. The van der Waals surface area contributed by atoms with Crippen LogP contribution in [0.25, 0.3) is 0 Å². The van der Waals surface area contributed by atoms with Crippen molar-refractivity contribution in [2.24, 2.45) is 0 Å². The molecule has 0 aromatic heterocycles. The second kappa shape index (κ2) is 6.44. The first-order valence-corrected chi connectivity index (χ1v) is 7.28. The molecule has 0 unspecified atom stereocenters. The van der Waals surface area contributed by atoms with Gasteiger partial charge in [0.25, 0.3) is 5.91 Å². The lowest BCUT2D eigenvalue weighted by Crippen LogP contribution is -2.32. The Hall–Kier alpha value is -2.29. The molecular weight excluding hydrogens is 260 g/mol. The average Bonchev–Trinajstić information content (AvgIpc) is 2.44. The van der Waals surface area contributed by atoms with Crippen molar-refractivity contribution in [1.82, 2.24) is 0 Å². The first-order chi connectivity index (χ1) is 10.0. The third-order valence-corrected chi connectivity index (χ3v) is 3.57. The van der Waals surface area contributed by atoms with Gasteiger partial charge in [0, 0.05) is 23.5 Å². The molecule has 2 rings (SSSR count). The Labute approximate surface area is 126 Å². The van der Waals surface area contributed by atoms with Crippen molar-refractivity contribution in [1.29, 1.82) is 0 Å². The van der Waals surface area contributed by atoms with E-state index in [0.717, 1.165) is 28.8 Å². The summed E-state index contributed by atoms with van der Waals surface area (Å²) in [6.45, 7) is 6.70. The number of nitrogens with zero attached hydrogens (tertiary/aromatic N) is 1. The van der Waals surface area contributed by atoms with Gasteiger partial charge in [-0.15, -0.1) is 0 Å². The Morgan fingerprint density at radius 2 is 1.71 bits per heavy atom. The second-order valence-electron chi connectivity index (χ2n) is 5.32. The maximum Gasteiger partial charge on any atom is 0.258 e. The molecule has 0 saturated heterocycles. The molecule has 0 bridgehead atoms. The highest BCUT2D eigenvalue weighted by molar-refractivity contribution is 6.08. The monoisotopic (exact) mass is 282 g/mol. The van der Waals surface area contributed by atoms with E-state index in [2.05, 4.69) is 6.92 Å². The lowest BCUT2D eigenvalue weighted by Gasteiger charge is -2.24. The zero-order valence-electron chi connectivity index (χ0n) is 12.9. The third kappa shape index (κ3) is 3.24. The normalized spacial score (nSPS) is 10.4. The molecule has 0 spiro atoms. The minimum atomic E-state index is 0.0399. The molecule has 2 aromatic carbocycles. The maximum atomic E-state index is 13.0. The van der Waals surface area contributed by atoms with E-state index < -0.39 is 0 Å². The Kier molecular flexibility index (Phi) is 4.63. The standard InChI is InChI=1S/C18H22N2O/c1-4-11-20(16-10-6-9-15(19)12-16)18(21)17-13(2)7-5-8-14(17)3/h5-10,12H,4,11,19H2,1-3H3. The lowest BCUT2D eigenvalue weighted by atomic mass is 10.0. The van der Waals surface area contributed by atoms with Crippen molar-refractivity contribution < 1.29 is 4.79 Å². The number of nitrogens with two attached hydrogens (primary N) is 1. The quantitative estimate of drug-likeness (QED) is 0.863. The number of rotatable bonds is 4. The zero-order chi connectivity index (χ0) is 15.4. The van der Waals surface area contributed by atoms with Crippen LogP contribution in [0.4, 0.5) is 11.4 Å². The fourth-order valence-corrected chi connectivity index (χ4v) is 2.55. The van der Waals surface area contributed by atoms with E-state index in [9.17, 15) is 4.79 Å². The average molecular weight is 282 g/mol. The highest BCUT2D eigenvalue weighted by Gasteiger charge is 2.20. The summed E-state index contributed by atoms with van der Waals surface area (Å²) in [5.74, 6) is 0.0399. The molecule has 0 aliphatic carbocycles. The SMILES string of the molecule is CCCN(C(=O)c1c(C)cccc1C)c1cccc(N)c1. The van der Waals surface area contributed by atoms with Crippen LogP contribution in [0.1, 0.15) is 34.8 Å². The van der Waals surface area contributed by atoms with Gasteiger partial charge in [0.2, 0.25) is 0 Å². The lowest BCUT2D eigenvalue weighted by molar-refractivity contribution is 0.0986. The van der Waals surface area contributed by atoms with Crippen LogP contribution in [0, 0.1) is 13.8 Å². The number of carbonyl (C=O) groups excluding carboxylic acids is 1. The molecule has 0 aliphatic rings. The number of carbonyl (C=O) groups is 1. The number of hydrogen-bond donors (Lipinski definition) is 1. The molecule has 110 valence electrons. The van der Waals surface area contributed by atoms with Crippen molar-refractivity contribution in [2.75, 3.05) is 17.2 Å². The van der Waals surface area contributed by atoms with Gasteiger partial charge in [0.05, 0.1) is 0 Å². The van der Waals surface area contributed by atoms with Gasteiger partial charge in [-0.2, -0.15) is 0 Å². The topological polar surface area (TPSA) is 46.3 Å². The first-order valence-electron chi connectivity index (χ1n) is 7.28. The molecule has 0 aliphatic heterocycles. The van der Waals surface area contributed by atoms with Crippen molar-refractivity contribution >= 4 is 17.3 Å². The first kappa shape index (κ1) is 15.1. The van der Waals surface area contributed by atoms with E-state index in [1.165, 1.54) is 0 Å². The van der Waals surface area contributed by atoms with Crippen molar-refractivity contribution in [3.63, 3.8) is 0 Å². The Morgan fingerprint density at radius 1 is 1.10 bits per heavy atom. The van der Waals surface area contributed by atoms with E-state index in [1.807, 2.05) is 61.2 Å².